The average molecular weight is 192 g/mol. The second-order valence-corrected chi connectivity index (χ2v) is 3.93. The summed E-state index contributed by atoms with van der Waals surface area (Å²) >= 11 is 0. The van der Waals surface area contributed by atoms with E-state index in [0.717, 1.165) is 24.2 Å². The van der Waals surface area contributed by atoms with E-state index < -0.39 is 0 Å². The van der Waals surface area contributed by atoms with Crippen molar-refractivity contribution in [2.75, 3.05) is 13.2 Å². The van der Waals surface area contributed by atoms with Gasteiger partial charge in [-0.1, -0.05) is 24.3 Å². The first-order valence-corrected chi connectivity index (χ1v) is 5.10. The van der Waals surface area contributed by atoms with Crippen LogP contribution in [0.2, 0.25) is 0 Å². The molecule has 1 saturated heterocycles. The molecule has 1 N–H and O–H groups in total. The van der Waals surface area contributed by atoms with E-state index in [4.69, 9.17) is 4.74 Å². The fourth-order valence-corrected chi connectivity index (χ4v) is 1.97. The smallest absolute Gasteiger partial charge is 0.0843 e. The van der Waals surface area contributed by atoms with Crippen molar-refractivity contribution in [3.63, 3.8) is 0 Å². The van der Waals surface area contributed by atoms with Crippen LogP contribution in [0.4, 0.5) is 0 Å². The van der Waals surface area contributed by atoms with Crippen molar-refractivity contribution in [3.05, 3.63) is 35.4 Å². The van der Waals surface area contributed by atoms with Crippen LogP contribution < -0.4 is 0 Å². The average Bonchev–Trinajstić information content (AvgIpc) is 2.70. The number of benzene rings is 1. The fraction of sp³-hybridized carbons (Fsp3) is 0.500. The Balaban J connectivity index is 2.17. The Bertz CT molecular complexity index is 303. The summed E-state index contributed by atoms with van der Waals surface area (Å²) < 4.78 is 5.28. The first kappa shape index (κ1) is 9.69. The molecule has 1 aliphatic rings. The van der Waals surface area contributed by atoms with Crippen LogP contribution in [0.1, 0.15) is 23.7 Å². The molecular formula is C12H16O2. The van der Waals surface area contributed by atoms with Gasteiger partial charge in [-0.3, -0.25) is 0 Å². The second kappa shape index (κ2) is 4.11. The summed E-state index contributed by atoms with van der Waals surface area (Å²) in [4.78, 5) is 0. The molecular weight excluding hydrogens is 176 g/mol. The van der Waals surface area contributed by atoms with Gasteiger partial charge in [0.05, 0.1) is 12.7 Å². The Morgan fingerprint density at radius 1 is 1.43 bits per heavy atom. The summed E-state index contributed by atoms with van der Waals surface area (Å²) in [7, 11) is 0. The van der Waals surface area contributed by atoms with Gasteiger partial charge in [0.2, 0.25) is 0 Å². The Kier molecular flexibility index (Phi) is 2.85. The van der Waals surface area contributed by atoms with Gasteiger partial charge in [0.15, 0.2) is 0 Å². The van der Waals surface area contributed by atoms with Crippen LogP contribution in [0.25, 0.3) is 0 Å². The van der Waals surface area contributed by atoms with E-state index in [1.165, 1.54) is 0 Å². The van der Waals surface area contributed by atoms with Crippen molar-refractivity contribution in [3.8, 4) is 0 Å². The fourth-order valence-electron chi connectivity index (χ4n) is 1.97. The van der Waals surface area contributed by atoms with Crippen molar-refractivity contribution >= 4 is 0 Å². The molecule has 0 aliphatic carbocycles. The maximum absolute atomic E-state index is 10.1. The minimum Gasteiger partial charge on any atom is -0.388 e. The van der Waals surface area contributed by atoms with Gasteiger partial charge in [-0.15, -0.1) is 0 Å². The van der Waals surface area contributed by atoms with E-state index >= 15 is 0 Å². The van der Waals surface area contributed by atoms with Gasteiger partial charge >= 0.3 is 0 Å². The highest BCUT2D eigenvalue weighted by molar-refractivity contribution is 5.28. The third-order valence-electron chi connectivity index (χ3n) is 2.92. The van der Waals surface area contributed by atoms with Crippen molar-refractivity contribution in [1.82, 2.24) is 0 Å². The van der Waals surface area contributed by atoms with Crippen molar-refractivity contribution < 1.29 is 9.84 Å². The molecule has 2 unspecified atom stereocenters. The zero-order valence-corrected chi connectivity index (χ0v) is 8.44. The van der Waals surface area contributed by atoms with Crippen LogP contribution in [0, 0.1) is 12.8 Å². The number of aliphatic hydroxyl groups is 1. The molecule has 0 spiro atoms. The molecule has 2 atom stereocenters. The molecule has 0 amide bonds. The summed E-state index contributed by atoms with van der Waals surface area (Å²) in [6.07, 6.45) is 0.605. The van der Waals surface area contributed by atoms with E-state index in [0.29, 0.717) is 6.61 Å². The Labute approximate surface area is 84.5 Å². The number of aryl methyl sites for hydroxylation is 1. The molecule has 0 aromatic heterocycles. The Hall–Kier alpha value is -0.860. The number of hydrogen-bond acceptors (Lipinski definition) is 2. The van der Waals surface area contributed by atoms with Crippen molar-refractivity contribution in [2.24, 2.45) is 5.92 Å². The van der Waals surface area contributed by atoms with E-state index in [1.54, 1.807) is 0 Å². The lowest BCUT2D eigenvalue weighted by atomic mass is 9.92. The molecule has 2 heteroatoms. The molecule has 0 radical (unpaired) electrons. The SMILES string of the molecule is Cc1ccccc1C(O)C1CCOC1. The Morgan fingerprint density at radius 3 is 2.86 bits per heavy atom. The highest BCUT2D eigenvalue weighted by Gasteiger charge is 2.25. The predicted octanol–water partition coefficient (Wildman–Crippen LogP) is 2.06. The predicted molar refractivity (Wildman–Crippen MR) is 55.1 cm³/mol. The summed E-state index contributed by atoms with van der Waals surface area (Å²) in [5.41, 5.74) is 2.20. The Morgan fingerprint density at radius 2 is 2.21 bits per heavy atom. The van der Waals surface area contributed by atoms with Gasteiger partial charge in [-0.05, 0) is 24.5 Å². The third-order valence-corrected chi connectivity index (χ3v) is 2.92. The summed E-state index contributed by atoms with van der Waals surface area (Å²) in [6.45, 7) is 3.51. The lowest BCUT2D eigenvalue weighted by Gasteiger charge is -2.18. The topological polar surface area (TPSA) is 29.5 Å². The number of rotatable bonds is 2. The van der Waals surface area contributed by atoms with Gasteiger partial charge in [-0.25, -0.2) is 0 Å². The minimum absolute atomic E-state index is 0.274. The second-order valence-electron chi connectivity index (χ2n) is 3.93. The number of aliphatic hydroxyl groups excluding tert-OH is 1. The van der Waals surface area contributed by atoms with Crippen molar-refractivity contribution in [2.45, 2.75) is 19.4 Å². The van der Waals surface area contributed by atoms with E-state index in [2.05, 4.69) is 0 Å². The zero-order valence-electron chi connectivity index (χ0n) is 8.44. The van der Waals surface area contributed by atoms with E-state index in [9.17, 15) is 5.11 Å². The molecule has 1 aliphatic heterocycles. The van der Waals surface area contributed by atoms with Gasteiger partial charge in [0, 0.05) is 12.5 Å². The number of hydrogen-bond donors (Lipinski definition) is 1. The summed E-state index contributed by atoms with van der Waals surface area (Å²) in [5, 5.41) is 10.1. The zero-order chi connectivity index (χ0) is 9.97. The monoisotopic (exact) mass is 192 g/mol. The molecule has 14 heavy (non-hydrogen) atoms. The minimum atomic E-state index is -0.362. The van der Waals surface area contributed by atoms with Crippen molar-refractivity contribution in [1.29, 1.82) is 0 Å². The van der Waals surface area contributed by atoms with Crippen LogP contribution >= 0.6 is 0 Å². The number of ether oxygens (including phenoxy) is 1. The van der Waals surface area contributed by atoms with E-state index in [1.807, 2.05) is 31.2 Å². The normalized spacial score (nSPS) is 23.7. The third kappa shape index (κ3) is 1.81. The molecule has 1 heterocycles. The van der Waals surface area contributed by atoms with Crippen LogP contribution in [0.3, 0.4) is 0 Å². The van der Waals surface area contributed by atoms with Crippen LogP contribution in [-0.4, -0.2) is 18.3 Å². The molecule has 1 aromatic carbocycles. The van der Waals surface area contributed by atoms with Crippen LogP contribution in [0.5, 0.6) is 0 Å². The highest BCUT2D eigenvalue weighted by atomic mass is 16.5. The maximum Gasteiger partial charge on any atom is 0.0843 e. The molecule has 1 aromatic rings. The van der Waals surface area contributed by atoms with Gasteiger partial charge in [0.1, 0.15) is 0 Å². The molecule has 2 rings (SSSR count). The molecule has 76 valence electrons. The van der Waals surface area contributed by atoms with E-state index in [-0.39, 0.29) is 12.0 Å². The molecule has 2 nitrogen and oxygen atoms in total. The summed E-state index contributed by atoms with van der Waals surface area (Å²) in [5.74, 6) is 0.274. The highest BCUT2D eigenvalue weighted by Crippen LogP contribution is 2.29. The van der Waals surface area contributed by atoms with Gasteiger partial charge in [0.25, 0.3) is 0 Å². The van der Waals surface area contributed by atoms with Gasteiger partial charge < -0.3 is 9.84 Å². The maximum atomic E-state index is 10.1. The first-order valence-electron chi connectivity index (χ1n) is 5.10. The summed E-state index contributed by atoms with van der Waals surface area (Å²) in [6, 6.07) is 8.00. The largest absolute Gasteiger partial charge is 0.388 e. The molecule has 0 bridgehead atoms. The van der Waals surface area contributed by atoms with Gasteiger partial charge in [-0.2, -0.15) is 0 Å². The molecule has 1 fully saturated rings. The van der Waals surface area contributed by atoms with Crippen LogP contribution in [-0.2, 0) is 4.74 Å². The lowest BCUT2D eigenvalue weighted by Crippen LogP contribution is -2.13. The quantitative estimate of drug-likeness (QED) is 0.777. The molecule has 0 saturated carbocycles. The standard InChI is InChI=1S/C12H16O2/c1-9-4-2-3-5-11(9)12(13)10-6-7-14-8-10/h2-5,10,12-13H,6-8H2,1H3. The lowest BCUT2D eigenvalue weighted by molar-refractivity contribution is 0.0913. The first-order chi connectivity index (χ1) is 6.79. The van der Waals surface area contributed by atoms with Crippen LogP contribution in [0.15, 0.2) is 24.3 Å².